The fourth-order valence-corrected chi connectivity index (χ4v) is 0.270. The summed E-state index contributed by atoms with van der Waals surface area (Å²) in [6.07, 6.45) is 2.54. The quantitative estimate of drug-likeness (QED) is 0.465. The van der Waals surface area contributed by atoms with Gasteiger partial charge in [-0.25, -0.2) is 4.79 Å². The fourth-order valence-electron chi connectivity index (χ4n) is 0.270. The lowest BCUT2D eigenvalue weighted by Gasteiger charge is -1.67. The molecule has 0 aliphatic heterocycles. The van der Waals surface area contributed by atoms with Crippen molar-refractivity contribution in [2.45, 2.75) is 6.42 Å². The molecule has 0 spiro atoms. The minimum absolute atomic E-state index is 0.106. The lowest BCUT2D eigenvalue weighted by Crippen LogP contribution is -1.94. The number of rotatable bonds is 1. The van der Waals surface area contributed by atoms with E-state index in [1.54, 1.807) is 6.42 Å². The van der Waals surface area contributed by atoms with Crippen LogP contribution in [0.25, 0.3) is 0 Å². The second-order valence-electron chi connectivity index (χ2n) is 1.42. The van der Waals surface area contributed by atoms with E-state index in [1.807, 2.05) is 0 Å². The highest BCUT2D eigenvalue weighted by Crippen LogP contribution is 2.26. The number of hydrogen-bond acceptors (Lipinski definition) is 1. The molecule has 0 aromatic rings. The van der Waals surface area contributed by atoms with Gasteiger partial charge in [-0.3, -0.25) is 0 Å². The van der Waals surface area contributed by atoms with Crippen LogP contribution in [0.3, 0.4) is 0 Å². The van der Waals surface area contributed by atoms with Crippen LogP contribution in [0.1, 0.15) is 6.42 Å². The molecule has 2 heteroatoms. The third kappa shape index (κ3) is 0.455. The Bertz CT molecular complexity index is 73.6. The summed E-state index contributed by atoms with van der Waals surface area (Å²) in [6, 6.07) is 0. The van der Waals surface area contributed by atoms with Crippen LogP contribution in [0.15, 0.2) is 0 Å². The van der Waals surface area contributed by atoms with Gasteiger partial charge in [0.05, 0.1) is 0 Å². The summed E-state index contributed by atoms with van der Waals surface area (Å²) >= 11 is 0. The van der Waals surface area contributed by atoms with Crippen molar-refractivity contribution < 1.29 is 9.90 Å². The van der Waals surface area contributed by atoms with Gasteiger partial charge in [-0.05, 0) is 0 Å². The van der Waals surface area contributed by atoms with Gasteiger partial charge < -0.3 is 5.11 Å². The van der Waals surface area contributed by atoms with E-state index < -0.39 is 5.97 Å². The molecule has 0 aromatic heterocycles. The van der Waals surface area contributed by atoms with Gasteiger partial charge in [0.15, 0.2) is 0 Å². The topological polar surface area (TPSA) is 37.3 Å². The summed E-state index contributed by atoms with van der Waals surface area (Å²) < 4.78 is 0. The highest BCUT2D eigenvalue weighted by molar-refractivity contribution is 5.75. The second-order valence-corrected chi connectivity index (χ2v) is 1.42. The molecule has 2 nitrogen and oxygen atoms in total. The van der Waals surface area contributed by atoms with Crippen molar-refractivity contribution in [3.8, 4) is 0 Å². The van der Waals surface area contributed by atoms with Gasteiger partial charge in [-0.1, -0.05) is 0 Å². The molecule has 0 bridgehead atoms. The largest absolute Gasteiger partial charge is 0.478 e. The first-order chi connectivity index (χ1) is 2.80. The zero-order valence-corrected chi connectivity index (χ0v) is 3.22. The van der Waals surface area contributed by atoms with Crippen LogP contribution in [-0.4, -0.2) is 11.1 Å². The summed E-state index contributed by atoms with van der Waals surface area (Å²) in [5.74, 6) is -0.792. The van der Waals surface area contributed by atoms with Crippen molar-refractivity contribution in [3.05, 3.63) is 6.42 Å². The van der Waals surface area contributed by atoms with E-state index in [9.17, 15) is 4.79 Å². The lowest BCUT2D eigenvalue weighted by atomic mass is 10.5. The summed E-state index contributed by atoms with van der Waals surface area (Å²) in [5, 5.41) is 8.02. The summed E-state index contributed by atoms with van der Waals surface area (Å²) in [5.41, 5.74) is 0. The Morgan fingerprint density at radius 2 is 2.50 bits per heavy atom. The average molecular weight is 85.1 g/mol. The maximum absolute atomic E-state index is 9.73. The molecule has 0 amide bonds. The predicted octanol–water partition coefficient (Wildman–Crippen LogP) is 0.295. The van der Waals surface area contributed by atoms with Crippen LogP contribution in [0, 0.1) is 12.3 Å². The number of hydrogen-bond donors (Lipinski definition) is 1. The molecule has 1 fully saturated rings. The van der Waals surface area contributed by atoms with Crippen molar-refractivity contribution in [2.24, 2.45) is 5.92 Å². The smallest absolute Gasteiger partial charge is 0.356 e. The van der Waals surface area contributed by atoms with Crippen LogP contribution in [0.4, 0.5) is 0 Å². The van der Waals surface area contributed by atoms with Crippen molar-refractivity contribution in [2.75, 3.05) is 0 Å². The van der Waals surface area contributed by atoms with Crippen molar-refractivity contribution >= 4 is 5.97 Å². The van der Waals surface area contributed by atoms with E-state index in [1.165, 1.54) is 0 Å². The average Bonchev–Trinajstić information content (AvgIpc) is 2.06. The molecule has 0 heterocycles. The summed E-state index contributed by atoms with van der Waals surface area (Å²) in [7, 11) is 0. The van der Waals surface area contributed by atoms with Gasteiger partial charge in [0.1, 0.15) is 12.8 Å². The predicted molar refractivity (Wildman–Crippen MR) is 20.0 cm³/mol. The first-order valence-corrected chi connectivity index (χ1v) is 1.87. The highest BCUT2D eigenvalue weighted by atomic mass is 16.4. The zero-order chi connectivity index (χ0) is 4.57. The molecule has 1 aliphatic carbocycles. The normalized spacial score (nSPS) is 28.3. The standard InChI is InChI=1S/C4H4O2/c5-4(6)3-1-2-3/h1,3H,2H2/p+1. The van der Waals surface area contributed by atoms with E-state index in [2.05, 4.69) is 0 Å². The van der Waals surface area contributed by atoms with E-state index in [0.717, 1.165) is 6.42 Å². The third-order valence-electron chi connectivity index (χ3n) is 0.789. The molecule has 1 unspecified atom stereocenters. The SMILES string of the molecule is O=C(O)C1[CH+]C1. The first kappa shape index (κ1) is 3.53. The number of aliphatic carboxylic acids is 1. The molecule has 0 radical (unpaired) electrons. The van der Waals surface area contributed by atoms with Crippen LogP contribution >= 0.6 is 0 Å². The molecular weight excluding hydrogens is 80.0 g/mol. The Labute approximate surface area is 35.8 Å². The summed E-state index contributed by atoms with van der Waals surface area (Å²) in [6.45, 7) is 0. The van der Waals surface area contributed by atoms with E-state index in [0.29, 0.717) is 0 Å². The Morgan fingerprint density at radius 1 is 2.00 bits per heavy atom. The van der Waals surface area contributed by atoms with Crippen molar-refractivity contribution in [1.29, 1.82) is 0 Å². The zero-order valence-electron chi connectivity index (χ0n) is 3.22. The van der Waals surface area contributed by atoms with E-state index in [4.69, 9.17) is 5.11 Å². The minimum atomic E-state index is -0.685. The van der Waals surface area contributed by atoms with Gasteiger partial charge >= 0.3 is 5.97 Å². The van der Waals surface area contributed by atoms with Gasteiger partial charge in [0.2, 0.25) is 5.92 Å². The monoisotopic (exact) mass is 85.0 g/mol. The number of carboxylic acids is 1. The van der Waals surface area contributed by atoms with Crippen LogP contribution in [-0.2, 0) is 4.79 Å². The molecule has 1 rings (SSSR count). The molecule has 32 valence electrons. The van der Waals surface area contributed by atoms with Gasteiger partial charge in [0, 0.05) is 0 Å². The van der Waals surface area contributed by atoms with E-state index in [-0.39, 0.29) is 5.92 Å². The fraction of sp³-hybridized carbons (Fsp3) is 0.500. The molecular formula is C4H5O2+. The molecule has 1 N–H and O–H groups in total. The molecule has 0 saturated heterocycles. The summed E-state index contributed by atoms with van der Waals surface area (Å²) in [4.78, 5) is 9.73. The minimum Gasteiger partial charge on any atom is -0.478 e. The van der Waals surface area contributed by atoms with Crippen molar-refractivity contribution in [3.63, 3.8) is 0 Å². The third-order valence-corrected chi connectivity index (χ3v) is 0.789. The van der Waals surface area contributed by atoms with Crippen LogP contribution < -0.4 is 0 Å². The Hall–Kier alpha value is -0.660. The van der Waals surface area contributed by atoms with E-state index >= 15 is 0 Å². The van der Waals surface area contributed by atoms with Gasteiger partial charge in [-0.2, -0.15) is 0 Å². The Balaban J connectivity index is 2.31. The van der Waals surface area contributed by atoms with Gasteiger partial charge in [0.25, 0.3) is 0 Å². The maximum atomic E-state index is 9.73. The number of carboxylic acid groups (broad SMARTS) is 1. The highest BCUT2D eigenvalue weighted by Gasteiger charge is 2.42. The van der Waals surface area contributed by atoms with Crippen LogP contribution in [0.2, 0.25) is 0 Å². The first-order valence-electron chi connectivity index (χ1n) is 1.87. The van der Waals surface area contributed by atoms with Gasteiger partial charge in [-0.15, -0.1) is 0 Å². The maximum Gasteiger partial charge on any atom is 0.356 e. The van der Waals surface area contributed by atoms with Crippen LogP contribution in [0.5, 0.6) is 0 Å². The Morgan fingerprint density at radius 3 is 2.50 bits per heavy atom. The molecule has 0 aromatic carbocycles. The lowest BCUT2D eigenvalue weighted by molar-refractivity contribution is -0.138. The second kappa shape index (κ2) is 0.899. The molecule has 1 aliphatic rings. The Kier molecular flexibility index (Phi) is 0.528. The molecule has 6 heavy (non-hydrogen) atoms. The molecule has 1 atom stereocenters. The molecule has 1 saturated carbocycles. The number of carbonyl (C=O) groups is 1. The van der Waals surface area contributed by atoms with Crippen molar-refractivity contribution in [1.82, 2.24) is 0 Å².